The summed E-state index contributed by atoms with van der Waals surface area (Å²) in [6.45, 7) is 4.91. The van der Waals surface area contributed by atoms with Crippen LogP contribution in [-0.2, 0) is 27.9 Å². The lowest BCUT2D eigenvalue weighted by Gasteiger charge is -2.20. The minimum atomic E-state index is -4.28. The molecule has 0 amide bonds. The first kappa shape index (κ1) is 49.2. The van der Waals surface area contributed by atoms with Crippen LogP contribution in [0.5, 0.6) is 0 Å². The summed E-state index contributed by atoms with van der Waals surface area (Å²) in [5.41, 5.74) is 5.36. The maximum absolute atomic E-state index is 12.5. The fraction of sp³-hybridized carbons (Fsp3) is 0.927. The van der Waals surface area contributed by atoms with E-state index in [2.05, 4.69) is 19.9 Å². The molecule has 50 heavy (non-hydrogen) atoms. The maximum Gasteiger partial charge on any atom is 0.472 e. The lowest BCUT2D eigenvalue weighted by atomic mass is 10.0. The Morgan fingerprint density at radius 1 is 0.580 bits per heavy atom. The van der Waals surface area contributed by atoms with Crippen LogP contribution in [-0.4, -0.2) is 49.9 Å². The van der Waals surface area contributed by atoms with Crippen molar-refractivity contribution in [2.45, 2.75) is 213 Å². The van der Waals surface area contributed by atoms with Crippen LogP contribution in [0.3, 0.4) is 0 Å². The minimum absolute atomic E-state index is 0.0977. The zero-order valence-electron chi connectivity index (χ0n) is 32.9. The summed E-state index contributed by atoms with van der Waals surface area (Å²) >= 11 is 0. The van der Waals surface area contributed by atoms with Crippen LogP contribution in [0.4, 0.5) is 0 Å². The van der Waals surface area contributed by atoms with Crippen molar-refractivity contribution in [3.63, 3.8) is 0 Å². The van der Waals surface area contributed by atoms with Gasteiger partial charge in [-0.05, 0) is 25.7 Å². The van der Waals surface area contributed by atoms with Crippen molar-refractivity contribution in [2.24, 2.45) is 5.73 Å². The highest BCUT2D eigenvalue weighted by Crippen LogP contribution is 2.43. The molecule has 2 atom stereocenters. The second kappa shape index (κ2) is 39.4. The first-order valence-corrected chi connectivity index (χ1v) is 22.7. The molecule has 0 aromatic carbocycles. The third-order valence-corrected chi connectivity index (χ3v) is 10.2. The number of nitrogens with two attached hydrogens (primary N) is 1. The van der Waals surface area contributed by atoms with Gasteiger partial charge in [0.25, 0.3) is 0 Å². The summed E-state index contributed by atoms with van der Waals surface area (Å²) in [4.78, 5) is 22.4. The largest absolute Gasteiger partial charge is 0.472 e. The van der Waals surface area contributed by atoms with Gasteiger partial charge in [-0.1, -0.05) is 187 Å². The Hall–Kier alpha value is -0.760. The monoisotopic (exact) mass is 732 g/mol. The maximum atomic E-state index is 12.5. The molecule has 8 nitrogen and oxygen atoms in total. The number of unbranched alkanes of at least 4 members (excludes halogenated alkanes) is 26. The molecule has 0 aromatic heterocycles. The average Bonchev–Trinajstić information content (AvgIpc) is 3.10. The molecule has 0 rings (SSSR count). The highest BCUT2D eigenvalue weighted by atomic mass is 31.2. The molecule has 0 fully saturated rings. The second-order valence-corrected chi connectivity index (χ2v) is 15.7. The Kier molecular flexibility index (Phi) is 38.8. The third kappa shape index (κ3) is 38.5. The molecule has 298 valence electrons. The van der Waals surface area contributed by atoms with E-state index < -0.39 is 13.9 Å². The Bertz CT molecular complexity index is 782. The van der Waals surface area contributed by atoms with Crippen LogP contribution in [0.1, 0.15) is 206 Å². The molecule has 0 aliphatic heterocycles. The summed E-state index contributed by atoms with van der Waals surface area (Å²) in [7, 11) is -4.28. The highest BCUT2D eigenvalue weighted by Gasteiger charge is 2.25. The third-order valence-electron chi connectivity index (χ3n) is 9.20. The van der Waals surface area contributed by atoms with Crippen LogP contribution >= 0.6 is 7.82 Å². The zero-order chi connectivity index (χ0) is 36.6. The summed E-state index contributed by atoms with van der Waals surface area (Å²) < 4.78 is 33.3. The number of hydrogen-bond acceptors (Lipinski definition) is 7. The summed E-state index contributed by atoms with van der Waals surface area (Å²) in [6.07, 6.45) is 40.9. The smallest absolute Gasteiger partial charge is 0.457 e. The van der Waals surface area contributed by atoms with E-state index in [-0.39, 0.29) is 38.8 Å². The van der Waals surface area contributed by atoms with Gasteiger partial charge in [-0.3, -0.25) is 13.8 Å². The first-order valence-electron chi connectivity index (χ1n) is 21.2. The van der Waals surface area contributed by atoms with Crippen LogP contribution in [0, 0.1) is 0 Å². The molecule has 3 N–H and O–H groups in total. The van der Waals surface area contributed by atoms with Gasteiger partial charge in [-0.15, -0.1) is 0 Å². The molecule has 0 spiro atoms. The van der Waals surface area contributed by atoms with Crippen molar-refractivity contribution < 1.29 is 32.8 Å². The Labute approximate surface area is 309 Å². The number of esters is 1. The molecule has 0 aliphatic rings. The molecule has 0 heterocycles. The summed E-state index contributed by atoms with van der Waals surface area (Å²) in [5, 5.41) is 0. The number of ether oxygens (including phenoxy) is 2. The van der Waals surface area contributed by atoms with Gasteiger partial charge in [0, 0.05) is 19.6 Å². The van der Waals surface area contributed by atoms with Gasteiger partial charge >= 0.3 is 13.8 Å². The molecule has 2 unspecified atom stereocenters. The Morgan fingerprint density at radius 2 is 1.00 bits per heavy atom. The van der Waals surface area contributed by atoms with Crippen molar-refractivity contribution in [3.8, 4) is 0 Å². The molecular formula is C41H82NO7P. The number of carbonyl (C=O) groups excluding carboxylic acids is 1. The fourth-order valence-electron chi connectivity index (χ4n) is 6.07. The minimum Gasteiger partial charge on any atom is -0.457 e. The van der Waals surface area contributed by atoms with E-state index in [1.807, 2.05) is 6.08 Å². The van der Waals surface area contributed by atoms with Crippen molar-refractivity contribution in [2.75, 3.05) is 33.0 Å². The SMILES string of the molecule is CCCCCCCCCCCCC/C=C\CCC(=O)OC(COCCCCCCCCCCCCCCCCCC)COP(=O)(O)OCCN. The standard InChI is InChI=1S/C41H82NO7P/c1-3-5-7-9-11-13-15-17-19-21-23-25-27-29-31-33-36-46-38-40(39-48-50(44,45)47-37-35-42)49-41(43)34-32-30-28-26-24-22-20-18-16-14-12-10-8-6-4-2/h28,30,40H,3-27,29,31-39,42H2,1-2H3,(H,44,45)/b30-28-. The highest BCUT2D eigenvalue weighted by molar-refractivity contribution is 7.47. The van der Waals surface area contributed by atoms with Gasteiger partial charge in [-0.25, -0.2) is 4.57 Å². The molecule has 0 bridgehead atoms. The summed E-state index contributed by atoms with van der Waals surface area (Å²) in [6, 6.07) is 0. The predicted molar refractivity (Wildman–Crippen MR) is 210 cm³/mol. The van der Waals surface area contributed by atoms with Crippen molar-refractivity contribution in [1.29, 1.82) is 0 Å². The summed E-state index contributed by atoms with van der Waals surface area (Å²) in [5.74, 6) is -0.375. The molecule has 0 aromatic rings. The van der Waals surface area contributed by atoms with Crippen LogP contribution < -0.4 is 5.73 Å². The van der Waals surface area contributed by atoms with Crippen LogP contribution in [0.2, 0.25) is 0 Å². The van der Waals surface area contributed by atoms with E-state index >= 15 is 0 Å². The second-order valence-electron chi connectivity index (χ2n) is 14.2. The van der Waals surface area contributed by atoms with E-state index in [0.717, 1.165) is 19.3 Å². The van der Waals surface area contributed by atoms with Crippen molar-refractivity contribution in [3.05, 3.63) is 12.2 Å². The lowest BCUT2D eigenvalue weighted by Crippen LogP contribution is -2.28. The van der Waals surface area contributed by atoms with E-state index in [4.69, 9.17) is 24.3 Å². The Balaban J connectivity index is 4.04. The number of phosphoric ester groups is 1. The van der Waals surface area contributed by atoms with Crippen molar-refractivity contribution >= 4 is 13.8 Å². The van der Waals surface area contributed by atoms with Gasteiger partial charge < -0.3 is 20.1 Å². The van der Waals surface area contributed by atoms with E-state index in [9.17, 15) is 14.3 Å². The topological polar surface area (TPSA) is 117 Å². The predicted octanol–water partition coefficient (Wildman–Crippen LogP) is 12.3. The fourth-order valence-corrected chi connectivity index (χ4v) is 6.84. The molecular weight excluding hydrogens is 649 g/mol. The zero-order valence-corrected chi connectivity index (χ0v) is 33.8. The lowest BCUT2D eigenvalue weighted by molar-refractivity contribution is -0.154. The van der Waals surface area contributed by atoms with Crippen molar-refractivity contribution in [1.82, 2.24) is 0 Å². The van der Waals surface area contributed by atoms with E-state index in [1.54, 1.807) is 0 Å². The van der Waals surface area contributed by atoms with Gasteiger partial charge in [0.1, 0.15) is 6.10 Å². The molecule has 0 saturated heterocycles. The Morgan fingerprint density at radius 3 is 1.46 bits per heavy atom. The number of carbonyl (C=O) groups is 1. The normalized spacial score (nSPS) is 13.6. The first-order chi connectivity index (χ1) is 24.4. The molecule has 9 heteroatoms. The number of phosphoric acid groups is 1. The number of hydrogen-bond donors (Lipinski definition) is 2. The van der Waals surface area contributed by atoms with Gasteiger partial charge in [0.2, 0.25) is 0 Å². The van der Waals surface area contributed by atoms with E-state index in [0.29, 0.717) is 13.0 Å². The molecule has 0 aliphatic carbocycles. The van der Waals surface area contributed by atoms with Gasteiger partial charge in [0.15, 0.2) is 0 Å². The number of allylic oxidation sites excluding steroid dienone is 2. The van der Waals surface area contributed by atoms with Crippen LogP contribution in [0.15, 0.2) is 12.2 Å². The number of rotatable bonds is 41. The molecule has 0 radical (unpaired) electrons. The van der Waals surface area contributed by atoms with Gasteiger partial charge in [-0.2, -0.15) is 0 Å². The average molecular weight is 732 g/mol. The van der Waals surface area contributed by atoms with Gasteiger partial charge in [0.05, 0.1) is 19.8 Å². The van der Waals surface area contributed by atoms with Crippen LogP contribution in [0.25, 0.3) is 0 Å². The quantitative estimate of drug-likeness (QED) is 0.0276. The molecule has 0 saturated carbocycles. The van der Waals surface area contributed by atoms with E-state index in [1.165, 1.54) is 161 Å².